The van der Waals surface area contributed by atoms with E-state index in [-0.39, 0.29) is 29.7 Å². The second-order valence-electron chi connectivity index (χ2n) is 7.68. The summed E-state index contributed by atoms with van der Waals surface area (Å²) < 4.78 is 0. The van der Waals surface area contributed by atoms with Gasteiger partial charge in [0.15, 0.2) is 0 Å². The first-order chi connectivity index (χ1) is 12.5. The summed E-state index contributed by atoms with van der Waals surface area (Å²) in [6.45, 7) is 2.03. The van der Waals surface area contributed by atoms with Gasteiger partial charge in [0.1, 0.15) is 6.04 Å². The van der Waals surface area contributed by atoms with Gasteiger partial charge in [0, 0.05) is 30.6 Å². The Morgan fingerprint density at radius 1 is 1.27 bits per heavy atom. The van der Waals surface area contributed by atoms with Crippen LogP contribution in [0.3, 0.4) is 0 Å². The van der Waals surface area contributed by atoms with Gasteiger partial charge in [-0.15, -0.1) is 0 Å². The van der Waals surface area contributed by atoms with Gasteiger partial charge in [-0.1, -0.05) is 12.1 Å². The summed E-state index contributed by atoms with van der Waals surface area (Å²) in [5, 5.41) is 5.73. The van der Waals surface area contributed by atoms with E-state index in [1.54, 1.807) is 4.90 Å². The summed E-state index contributed by atoms with van der Waals surface area (Å²) in [6.07, 6.45) is 3.88. The SMILES string of the molecule is NC1(CCNCc2ccc3c(c2)CN(C2CCC(=O)NC2=O)C3=O)CC1. The molecule has 1 aliphatic carbocycles. The number of carbonyl (C=O) groups excluding carboxylic acids is 3. The average molecular weight is 356 g/mol. The number of carbonyl (C=O) groups is 3. The summed E-state index contributed by atoms with van der Waals surface area (Å²) >= 11 is 0. The number of hydrogen-bond donors (Lipinski definition) is 3. The number of nitrogens with two attached hydrogens (primary N) is 1. The number of piperidine rings is 1. The number of hydrogen-bond acceptors (Lipinski definition) is 5. The van der Waals surface area contributed by atoms with Crippen molar-refractivity contribution in [3.8, 4) is 0 Å². The van der Waals surface area contributed by atoms with Crippen LogP contribution in [0.4, 0.5) is 0 Å². The Balaban J connectivity index is 1.38. The second-order valence-corrected chi connectivity index (χ2v) is 7.68. The van der Waals surface area contributed by atoms with Crippen molar-refractivity contribution in [2.75, 3.05) is 6.54 Å². The van der Waals surface area contributed by atoms with Crippen LogP contribution in [0.15, 0.2) is 18.2 Å². The summed E-state index contributed by atoms with van der Waals surface area (Å²) in [4.78, 5) is 37.6. The molecule has 0 aromatic heterocycles. The minimum absolute atomic E-state index is 0.0554. The number of benzene rings is 1. The number of amides is 3. The first-order valence-corrected chi connectivity index (χ1v) is 9.21. The van der Waals surface area contributed by atoms with Crippen molar-refractivity contribution in [2.45, 2.75) is 56.8 Å². The van der Waals surface area contributed by atoms with E-state index in [0.29, 0.717) is 18.5 Å². The molecule has 0 bridgehead atoms. The molecule has 1 atom stereocenters. The molecule has 1 unspecified atom stereocenters. The zero-order valence-corrected chi connectivity index (χ0v) is 14.7. The molecule has 7 heteroatoms. The maximum Gasteiger partial charge on any atom is 0.255 e. The van der Waals surface area contributed by atoms with Crippen LogP contribution in [0.5, 0.6) is 0 Å². The molecular weight excluding hydrogens is 332 g/mol. The highest BCUT2D eigenvalue weighted by Gasteiger charge is 2.39. The van der Waals surface area contributed by atoms with Gasteiger partial charge in [-0.05, 0) is 49.4 Å². The molecule has 7 nitrogen and oxygen atoms in total. The van der Waals surface area contributed by atoms with Crippen LogP contribution < -0.4 is 16.4 Å². The maximum absolute atomic E-state index is 12.6. The van der Waals surface area contributed by atoms with Gasteiger partial charge in [0.25, 0.3) is 5.91 Å². The minimum Gasteiger partial charge on any atom is -0.325 e. The lowest BCUT2D eigenvalue weighted by Crippen LogP contribution is -2.52. The largest absolute Gasteiger partial charge is 0.325 e. The molecule has 0 spiro atoms. The molecule has 1 aromatic rings. The Labute approximate surface area is 152 Å². The van der Waals surface area contributed by atoms with Crippen molar-refractivity contribution in [1.29, 1.82) is 0 Å². The Hall–Kier alpha value is -2.25. The molecule has 4 rings (SSSR count). The molecule has 0 radical (unpaired) electrons. The third-order valence-electron chi connectivity index (χ3n) is 5.61. The fraction of sp³-hybridized carbons (Fsp3) is 0.526. The van der Waals surface area contributed by atoms with E-state index in [9.17, 15) is 14.4 Å². The van der Waals surface area contributed by atoms with E-state index < -0.39 is 6.04 Å². The summed E-state index contributed by atoms with van der Waals surface area (Å²) in [6, 6.07) is 5.26. The van der Waals surface area contributed by atoms with E-state index in [1.165, 1.54) is 0 Å². The number of rotatable bonds is 6. The molecule has 2 heterocycles. The Morgan fingerprint density at radius 3 is 2.81 bits per heavy atom. The van der Waals surface area contributed by atoms with Gasteiger partial charge in [-0.3, -0.25) is 19.7 Å². The van der Waals surface area contributed by atoms with Gasteiger partial charge in [-0.25, -0.2) is 0 Å². The van der Waals surface area contributed by atoms with Crippen molar-refractivity contribution in [3.63, 3.8) is 0 Å². The Bertz CT molecular complexity index is 772. The average Bonchev–Trinajstić information content (AvgIpc) is 3.26. The molecule has 2 fully saturated rings. The minimum atomic E-state index is -0.562. The Morgan fingerprint density at radius 2 is 2.08 bits per heavy atom. The lowest BCUT2D eigenvalue weighted by molar-refractivity contribution is -0.136. The normalized spacial score (nSPS) is 23.8. The molecular formula is C19H24N4O3. The zero-order valence-electron chi connectivity index (χ0n) is 14.7. The number of fused-ring (bicyclic) bond motifs is 1. The van der Waals surface area contributed by atoms with Crippen molar-refractivity contribution >= 4 is 17.7 Å². The van der Waals surface area contributed by atoms with Crippen LogP contribution >= 0.6 is 0 Å². The zero-order chi connectivity index (χ0) is 18.3. The van der Waals surface area contributed by atoms with Crippen molar-refractivity contribution in [1.82, 2.24) is 15.5 Å². The van der Waals surface area contributed by atoms with Crippen LogP contribution in [-0.4, -0.2) is 40.7 Å². The number of nitrogens with one attached hydrogen (secondary N) is 2. The molecule has 3 aliphatic rings. The number of nitrogens with zero attached hydrogens (tertiary/aromatic N) is 1. The molecule has 2 aliphatic heterocycles. The molecule has 4 N–H and O–H groups in total. The lowest BCUT2D eigenvalue weighted by Gasteiger charge is -2.29. The summed E-state index contributed by atoms with van der Waals surface area (Å²) in [7, 11) is 0. The fourth-order valence-corrected chi connectivity index (χ4v) is 3.72. The van der Waals surface area contributed by atoms with E-state index in [0.717, 1.165) is 43.5 Å². The standard InChI is InChI=1S/C19H24N4O3/c20-19(5-6-19)7-8-21-10-12-1-2-14-13(9-12)11-23(18(14)26)15-3-4-16(24)22-17(15)25/h1-2,9,15,21H,3-8,10-11,20H2,(H,22,24,25). The monoisotopic (exact) mass is 356 g/mol. The van der Waals surface area contributed by atoms with Crippen LogP contribution in [0.2, 0.25) is 0 Å². The molecule has 3 amide bonds. The van der Waals surface area contributed by atoms with Gasteiger partial charge in [-0.2, -0.15) is 0 Å². The topological polar surface area (TPSA) is 105 Å². The van der Waals surface area contributed by atoms with Crippen LogP contribution in [0, 0.1) is 0 Å². The van der Waals surface area contributed by atoms with E-state index >= 15 is 0 Å². The fourth-order valence-electron chi connectivity index (χ4n) is 3.72. The quantitative estimate of drug-likeness (QED) is 0.506. The second kappa shape index (κ2) is 6.48. The van der Waals surface area contributed by atoms with Crippen molar-refractivity contribution < 1.29 is 14.4 Å². The summed E-state index contributed by atoms with van der Waals surface area (Å²) in [5.74, 6) is -0.776. The van der Waals surface area contributed by atoms with Crippen LogP contribution in [-0.2, 0) is 22.7 Å². The molecule has 1 saturated heterocycles. The Kier molecular flexibility index (Phi) is 4.28. The van der Waals surface area contributed by atoms with Crippen molar-refractivity contribution in [3.05, 3.63) is 34.9 Å². The van der Waals surface area contributed by atoms with E-state index in [1.807, 2.05) is 18.2 Å². The molecule has 1 saturated carbocycles. The predicted molar refractivity (Wildman–Crippen MR) is 95.0 cm³/mol. The van der Waals surface area contributed by atoms with Crippen LogP contribution in [0.1, 0.15) is 53.6 Å². The van der Waals surface area contributed by atoms with Crippen molar-refractivity contribution in [2.24, 2.45) is 5.73 Å². The van der Waals surface area contributed by atoms with Gasteiger partial charge < -0.3 is 16.0 Å². The van der Waals surface area contributed by atoms with Gasteiger partial charge >= 0.3 is 0 Å². The van der Waals surface area contributed by atoms with Gasteiger partial charge in [0.2, 0.25) is 11.8 Å². The first-order valence-electron chi connectivity index (χ1n) is 9.21. The molecule has 138 valence electrons. The van der Waals surface area contributed by atoms with E-state index in [2.05, 4.69) is 10.6 Å². The predicted octanol–water partition coefficient (Wildman–Crippen LogP) is 0.419. The highest BCUT2D eigenvalue weighted by molar-refractivity contribution is 6.05. The van der Waals surface area contributed by atoms with Gasteiger partial charge in [0.05, 0.1) is 0 Å². The van der Waals surface area contributed by atoms with E-state index in [4.69, 9.17) is 5.73 Å². The van der Waals surface area contributed by atoms with Crippen LogP contribution in [0.25, 0.3) is 0 Å². The maximum atomic E-state index is 12.6. The molecule has 26 heavy (non-hydrogen) atoms. The number of imide groups is 1. The summed E-state index contributed by atoms with van der Waals surface area (Å²) in [5.41, 5.74) is 8.85. The highest BCUT2D eigenvalue weighted by atomic mass is 16.2. The lowest BCUT2D eigenvalue weighted by atomic mass is 10.0. The first kappa shape index (κ1) is 17.2. The third-order valence-corrected chi connectivity index (χ3v) is 5.61. The third kappa shape index (κ3) is 3.37. The smallest absolute Gasteiger partial charge is 0.255 e. The highest BCUT2D eigenvalue weighted by Crippen LogP contribution is 2.35. The molecule has 1 aromatic carbocycles.